The molecule has 0 unspecified atom stereocenters. The van der Waals surface area contributed by atoms with E-state index in [2.05, 4.69) is 9.97 Å². The summed E-state index contributed by atoms with van der Waals surface area (Å²) in [5.41, 5.74) is 0.927. The van der Waals surface area contributed by atoms with E-state index in [1.165, 1.54) is 9.21 Å². The van der Waals surface area contributed by atoms with Crippen molar-refractivity contribution in [3.8, 4) is 0 Å². The molecule has 1 fully saturated rings. The molecule has 2 aromatic rings. The molecule has 0 bridgehead atoms. The molecular formula is C16H17FN4O3S. The topological polar surface area (TPSA) is 83.5 Å². The predicted octanol–water partition coefficient (Wildman–Crippen LogP) is 0.837. The molecule has 25 heavy (non-hydrogen) atoms. The van der Waals surface area contributed by atoms with Gasteiger partial charge in [0.05, 0.1) is 24.7 Å². The van der Waals surface area contributed by atoms with Gasteiger partial charge in [-0.2, -0.15) is 4.31 Å². The van der Waals surface area contributed by atoms with E-state index in [1.54, 1.807) is 0 Å². The van der Waals surface area contributed by atoms with Gasteiger partial charge in [0.25, 0.3) is 0 Å². The van der Waals surface area contributed by atoms with Crippen LogP contribution in [0, 0.1) is 5.82 Å². The van der Waals surface area contributed by atoms with Crippen molar-refractivity contribution in [3.63, 3.8) is 0 Å². The summed E-state index contributed by atoms with van der Waals surface area (Å²) >= 11 is 0. The maximum absolute atomic E-state index is 12.9. The number of halogens is 1. The molecule has 132 valence electrons. The Morgan fingerprint density at radius 2 is 1.76 bits per heavy atom. The number of nitrogens with zero attached hydrogens (tertiary/aromatic N) is 4. The highest BCUT2D eigenvalue weighted by molar-refractivity contribution is 7.89. The maximum Gasteiger partial charge on any atom is 0.244 e. The van der Waals surface area contributed by atoms with Gasteiger partial charge < -0.3 is 0 Å². The molecule has 0 spiro atoms. The van der Waals surface area contributed by atoms with Crippen molar-refractivity contribution in [2.75, 3.05) is 30.3 Å². The van der Waals surface area contributed by atoms with Crippen LogP contribution in [0.4, 0.5) is 10.3 Å². The Morgan fingerprint density at radius 3 is 2.40 bits per heavy atom. The molecule has 1 aliphatic rings. The molecule has 0 atom stereocenters. The van der Waals surface area contributed by atoms with Crippen LogP contribution < -0.4 is 4.90 Å². The second-order valence-corrected chi connectivity index (χ2v) is 7.72. The number of sulfonamides is 1. The monoisotopic (exact) mass is 364 g/mol. The summed E-state index contributed by atoms with van der Waals surface area (Å²) in [6, 6.07) is 9.31. The molecule has 2 heterocycles. The lowest BCUT2D eigenvalue weighted by molar-refractivity contribution is -0.120. The fourth-order valence-corrected chi connectivity index (χ4v) is 3.98. The second kappa shape index (κ2) is 7.24. The number of piperazine rings is 1. The molecule has 0 aliphatic carbocycles. The van der Waals surface area contributed by atoms with E-state index in [-0.39, 0.29) is 31.3 Å². The Bertz CT molecular complexity index is 843. The van der Waals surface area contributed by atoms with Gasteiger partial charge in [-0.1, -0.05) is 30.3 Å². The largest absolute Gasteiger partial charge is 0.278 e. The lowest BCUT2D eigenvalue weighted by Crippen LogP contribution is -2.53. The number of carbonyl (C=O) groups is 1. The summed E-state index contributed by atoms with van der Waals surface area (Å²) in [6.07, 6.45) is 2.33. The summed E-state index contributed by atoms with van der Waals surface area (Å²) in [6.45, 7) is 0.0243. The van der Waals surface area contributed by atoms with Crippen molar-refractivity contribution in [1.82, 2.24) is 14.3 Å². The summed E-state index contributed by atoms with van der Waals surface area (Å²) in [4.78, 5) is 21.1. The normalized spacial score (nSPS) is 16.2. The molecule has 0 saturated carbocycles. The molecule has 3 rings (SSSR count). The third kappa shape index (κ3) is 4.18. The second-order valence-electron chi connectivity index (χ2n) is 5.63. The van der Waals surface area contributed by atoms with Gasteiger partial charge in [0.15, 0.2) is 5.82 Å². The van der Waals surface area contributed by atoms with Gasteiger partial charge in [0.2, 0.25) is 21.9 Å². The zero-order valence-electron chi connectivity index (χ0n) is 13.4. The molecule has 1 aromatic carbocycles. The van der Waals surface area contributed by atoms with Gasteiger partial charge in [-0.05, 0) is 12.0 Å². The van der Waals surface area contributed by atoms with Crippen LogP contribution in [0.2, 0.25) is 0 Å². The minimum Gasteiger partial charge on any atom is -0.278 e. The Hall–Kier alpha value is -2.39. The van der Waals surface area contributed by atoms with Crippen LogP contribution in [0.15, 0.2) is 42.7 Å². The Kier molecular flexibility index (Phi) is 5.05. The zero-order valence-corrected chi connectivity index (χ0v) is 14.2. The van der Waals surface area contributed by atoms with E-state index in [1.807, 2.05) is 30.3 Å². The third-order valence-electron chi connectivity index (χ3n) is 3.92. The smallest absolute Gasteiger partial charge is 0.244 e. The van der Waals surface area contributed by atoms with Gasteiger partial charge in [-0.25, -0.2) is 22.8 Å². The summed E-state index contributed by atoms with van der Waals surface area (Å²) in [5, 5.41) is 0. The molecule has 0 N–H and O–H groups in total. The van der Waals surface area contributed by atoms with Crippen LogP contribution in [-0.4, -0.2) is 54.0 Å². The molecule has 1 saturated heterocycles. The highest BCUT2D eigenvalue weighted by atomic mass is 32.2. The molecule has 0 radical (unpaired) electrons. The van der Waals surface area contributed by atoms with Crippen LogP contribution in [0.25, 0.3) is 0 Å². The van der Waals surface area contributed by atoms with Crippen molar-refractivity contribution >= 4 is 21.9 Å². The van der Waals surface area contributed by atoms with Crippen molar-refractivity contribution in [2.24, 2.45) is 0 Å². The van der Waals surface area contributed by atoms with Gasteiger partial charge in [-0.15, -0.1) is 0 Å². The zero-order chi connectivity index (χ0) is 17.9. The minimum absolute atomic E-state index is 0.0582. The highest BCUT2D eigenvalue weighted by Crippen LogP contribution is 2.15. The maximum atomic E-state index is 12.9. The first-order chi connectivity index (χ1) is 12.0. The number of amides is 1. The van der Waals surface area contributed by atoms with Gasteiger partial charge in [0, 0.05) is 13.1 Å². The molecule has 9 heteroatoms. The summed E-state index contributed by atoms with van der Waals surface area (Å²) in [5.74, 6) is -1.01. The van der Waals surface area contributed by atoms with E-state index in [0.29, 0.717) is 6.42 Å². The minimum atomic E-state index is -3.54. The van der Waals surface area contributed by atoms with E-state index >= 15 is 0 Å². The summed E-state index contributed by atoms with van der Waals surface area (Å²) < 4.78 is 39.0. The van der Waals surface area contributed by atoms with Crippen LogP contribution in [0.3, 0.4) is 0 Å². The van der Waals surface area contributed by atoms with Crippen molar-refractivity contribution in [3.05, 3.63) is 54.1 Å². The van der Waals surface area contributed by atoms with E-state index in [4.69, 9.17) is 0 Å². The Labute approximate surface area is 145 Å². The first-order valence-electron chi connectivity index (χ1n) is 7.75. The highest BCUT2D eigenvalue weighted by Gasteiger charge is 2.33. The van der Waals surface area contributed by atoms with Crippen LogP contribution >= 0.6 is 0 Å². The molecule has 1 aromatic heterocycles. The average molecular weight is 364 g/mol. The standard InChI is InChI=1S/C16H17FN4O3S/c17-14-10-18-16(19-11-14)21-8-7-20(12-15(21)22)25(23,24)9-6-13-4-2-1-3-5-13/h1-5,10-11H,6-9,12H2. The first kappa shape index (κ1) is 17.4. The molecular weight excluding hydrogens is 347 g/mol. The van der Waals surface area contributed by atoms with Crippen LogP contribution in [0.5, 0.6) is 0 Å². The SMILES string of the molecule is O=C1CN(S(=O)(=O)CCc2ccccc2)CCN1c1ncc(F)cn1. The van der Waals surface area contributed by atoms with Crippen molar-refractivity contribution in [1.29, 1.82) is 0 Å². The number of aromatic nitrogens is 2. The molecule has 7 nitrogen and oxygen atoms in total. The fourth-order valence-electron chi connectivity index (χ4n) is 2.57. The van der Waals surface area contributed by atoms with E-state index in [0.717, 1.165) is 18.0 Å². The quantitative estimate of drug-likeness (QED) is 0.785. The van der Waals surface area contributed by atoms with Crippen molar-refractivity contribution in [2.45, 2.75) is 6.42 Å². The number of hydrogen-bond donors (Lipinski definition) is 0. The number of carbonyl (C=O) groups excluding carboxylic acids is 1. The first-order valence-corrected chi connectivity index (χ1v) is 9.36. The Morgan fingerprint density at radius 1 is 1.08 bits per heavy atom. The summed E-state index contributed by atoms with van der Waals surface area (Å²) in [7, 11) is -3.54. The number of hydrogen-bond acceptors (Lipinski definition) is 5. The van der Waals surface area contributed by atoms with Gasteiger partial charge >= 0.3 is 0 Å². The van der Waals surface area contributed by atoms with Crippen LogP contribution in [-0.2, 0) is 21.2 Å². The molecule has 1 aliphatic heterocycles. The van der Waals surface area contributed by atoms with E-state index in [9.17, 15) is 17.6 Å². The van der Waals surface area contributed by atoms with E-state index < -0.39 is 21.7 Å². The number of anilines is 1. The average Bonchev–Trinajstić information content (AvgIpc) is 2.62. The number of aryl methyl sites for hydroxylation is 1. The molecule has 1 amide bonds. The van der Waals surface area contributed by atoms with Gasteiger partial charge in [0.1, 0.15) is 0 Å². The lowest BCUT2D eigenvalue weighted by Gasteiger charge is -2.32. The lowest BCUT2D eigenvalue weighted by atomic mass is 10.2. The Balaban J connectivity index is 1.63. The van der Waals surface area contributed by atoms with Crippen molar-refractivity contribution < 1.29 is 17.6 Å². The number of rotatable bonds is 5. The predicted molar refractivity (Wildman–Crippen MR) is 89.8 cm³/mol. The van der Waals surface area contributed by atoms with Gasteiger partial charge in [-0.3, -0.25) is 9.69 Å². The third-order valence-corrected chi connectivity index (χ3v) is 5.74. The number of benzene rings is 1. The van der Waals surface area contributed by atoms with Crippen LogP contribution in [0.1, 0.15) is 5.56 Å². The fraction of sp³-hybridized carbons (Fsp3) is 0.312.